The van der Waals surface area contributed by atoms with E-state index in [2.05, 4.69) is 10.6 Å². The molecule has 0 bridgehead atoms. The predicted octanol–water partition coefficient (Wildman–Crippen LogP) is 5.38. The van der Waals surface area contributed by atoms with E-state index in [1.54, 1.807) is 23.3 Å². The molecule has 0 saturated heterocycles. The minimum Gasteiger partial charge on any atom is -0.506 e. The highest BCUT2D eigenvalue weighted by Crippen LogP contribution is 2.36. The SMILES string of the molecule is Cc1ccc(S(=O)(=O)NC(=O)NS(=O)(=O)c2ccc(C)c(Nc3cc4ccc(S(=O)(=O)O)cc4cc3O)c2)cc1Nc1cc2ccc(S(=O)(=O)O)cc2cc1O. The van der Waals surface area contributed by atoms with Crippen LogP contribution in [0.25, 0.3) is 21.5 Å². The number of carbonyl (C=O) groups is 1. The lowest BCUT2D eigenvalue weighted by atomic mass is 10.1. The standard InChI is InChI=1S/C35H30N4O13S4/c1-19-3-7-25(17-29(19)36-31-13-21-5-9-27(55(47,48)49)11-23(21)15-33(31)40)53(43,44)38-35(42)39-54(45,46)26-8-4-20(2)30(18-26)37-32-14-22-6-10-28(56(50,51)52)12-24(22)16-34(32)41/h3-18,36-37,40-41H,1-2H3,(H2,38,39,42)(H,47,48,49)(H,50,51,52). The quantitative estimate of drug-likeness (QED) is 0.0635. The number of anilines is 4. The average molecular weight is 843 g/mol. The number of phenolic OH excluding ortho intramolecular Hbond substituents is 2. The fourth-order valence-corrected chi connectivity index (χ4v) is 8.49. The van der Waals surface area contributed by atoms with Crippen molar-refractivity contribution in [2.75, 3.05) is 10.6 Å². The number of rotatable bonds is 10. The highest BCUT2D eigenvalue weighted by atomic mass is 32.2. The van der Waals surface area contributed by atoms with Crippen LogP contribution in [0.1, 0.15) is 11.1 Å². The van der Waals surface area contributed by atoms with Crippen LogP contribution >= 0.6 is 0 Å². The van der Waals surface area contributed by atoms with E-state index in [1.165, 1.54) is 48.5 Å². The van der Waals surface area contributed by atoms with Crippen LogP contribution in [-0.2, 0) is 40.3 Å². The fraction of sp³-hybridized carbons (Fsp3) is 0.0571. The van der Waals surface area contributed by atoms with Gasteiger partial charge < -0.3 is 20.8 Å². The lowest BCUT2D eigenvalue weighted by Gasteiger charge is -2.15. The normalized spacial score (nSPS) is 12.4. The van der Waals surface area contributed by atoms with Gasteiger partial charge in [-0.3, -0.25) is 9.11 Å². The van der Waals surface area contributed by atoms with E-state index in [9.17, 15) is 57.8 Å². The monoisotopic (exact) mass is 842 g/mol. The molecule has 0 spiro atoms. The summed E-state index contributed by atoms with van der Waals surface area (Å²) in [5.41, 5.74) is 1.55. The van der Waals surface area contributed by atoms with Gasteiger partial charge in [0.25, 0.3) is 40.3 Å². The molecule has 6 aromatic rings. The van der Waals surface area contributed by atoms with E-state index in [0.717, 1.165) is 48.5 Å². The summed E-state index contributed by atoms with van der Waals surface area (Å²) in [7, 11) is -18.4. The van der Waals surface area contributed by atoms with Gasteiger partial charge in [-0.25, -0.2) is 31.1 Å². The van der Waals surface area contributed by atoms with Crippen LogP contribution in [0.15, 0.2) is 117 Å². The van der Waals surface area contributed by atoms with Crippen molar-refractivity contribution < 1.29 is 57.8 Å². The number of carbonyl (C=O) groups excluding carboxylic acids is 1. The zero-order valence-electron chi connectivity index (χ0n) is 28.8. The predicted molar refractivity (Wildman–Crippen MR) is 206 cm³/mol. The van der Waals surface area contributed by atoms with Gasteiger partial charge in [-0.05, 0) is 119 Å². The zero-order valence-corrected chi connectivity index (χ0v) is 32.1. The number of hydrogen-bond acceptors (Lipinski definition) is 13. The summed E-state index contributed by atoms with van der Waals surface area (Å²) < 4.78 is 121. The van der Waals surface area contributed by atoms with Gasteiger partial charge in [0.2, 0.25) is 0 Å². The first-order valence-corrected chi connectivity index (χ1v) is 21.7. The molecule has 21 heteroatoms. The van der Waals surface area contributed by atoms with Crippen LogP contribution in [0.2, 0.25) is 0 Å². The molecular formula is C35H30N4O13S4. The molecule has 0 aliphatic carbocycles. The fourth-order valence-electron chi connectivity index (χ4n) is 5.53. The molecule has 0 radical (unpaired) electrons. The lowest BCUT2D eigenvalue weighted by Crippen LogP contribution is -2.42. The molecule has 0 heterocycles. The van der Waals surface area contributed by atoms with Gasteiger partial charge in [-0.15, -0.1) is 0 Å². The molecule has 8 N–H and O–H groups in total. The number of fused-ring (bicyclic) bond motifs is 2. The van der Waals surface area contributed by atoms with Crippen molar-refractivity contribution in [1.29, 1.82) is 0 Å². The van der Waals surface area contributed by atoms with Gasteiger partial charge in [-0.2, -0.15) is 16.8 Å². The van der Waals surface area contributed by atoms with Crippen molar-refractivity contribution in [2.45, 2.75) is 33.4 Å². The van der Waals surface area contributed by atoms with Crippen LogP contribution < -0.4 is 20.1 Å². The molecule has 17 nitrogen and oxygen atoms in total. The molecule has 6 aromatic carbocycles. The number of phenols is 2. The molecular weight excluding hydrogens is 813 g/mol. The first-order chi connectivity index (χ1) is 26.0. The van der Waals surface area contributed by atoms with Crippen LogP contribution in [0.4, 0.5) is 27.5 Å². The Morgan fingerprint density at radius 2 is 0.804 bits per heavy atom. The first-order valence-electron chi connectivity index (χ1n) is 15.8. The number of amides is 2. The summed E-state index contributed by atoms with van der Waals surface area (Å²) in [5.74, 6) is -0.693. The molecule has 0 saturated carbocycles. The summed E-state index contributed by atoms with van der Waals surface area (Å²) in [5, 5.41) is 28.5. The summed E-state index contributed by atoms with van der Waals surface area (Å²) >= 11 is 0. The maximum Gasteiger partial charge on any atom is 0.342 e. The van der Waals surface area contributed by atoms with Crippen LogP contribution in [-0.4, -0.2) is 59.0 Å². The van der Waals surface area contributed by atoms with Crippen LogP contribution in [0, 0.1) is 13.8 Å². The van der Waals surface area contributed by atoms with Gasteiger partial charge in [0.15, 0.2) is 0 Å². The van der Waals surface area contributed by atoms with Crippen molar-refractivity contribution in [2.24, 2.45) is 0 Å². The van der Waals surface area contributed by atoms with Crippen molar-refractivity contribution in [3.63, 3.8) is 0 Å². The van der Waals surface area contributed by atoms with Crippen molar-refractivity contribution in [3.05, 3.63) is 108 Å². The second-order valence-electron chi connectivity index (χ2n) is 12.5. The molecule has 0 atom stereocenters. The molecule has 0 aromatic heterocycles. The molecule has 56 heavy (non-hydrogen) atoms. The number of hydrogen-bond donors (Lipinski definition) is 8. The number of sulfonamides is 2. The van der Waals surface area contributed by atoms with Crippen molar-refractivity contribution >= 4 is 90.6 Å². The number of nitrogens with one attached hydrogen (secondary N) is 4. The molecule has 0 aliphatic heterocycles. The molecule has 292 valence electrons. The van der Waals surface area contributed by atoms with E-state index in [-0.39, 0.29) is 54.8 Å². The highest BCUT2D eigenvalue weighted by Gasteiger charge is 2.25. The van der Waals surface area contributed by atoms with E-state index < -0.39 is 56.1 Å². The second-order valence-corrected chi connectivity index (χ2v) is 18.7. The van der Waals surface area contributed by atoms with Gasteiger partial charge >= 0.3 is 6.03 Å². The smallest absolute Gasteiger partial charge is 0.342 e. The maximum atomic E-state index is 13.2. The van der Waals surface area contributed by atoms with E-state index >= 15 is 0 Å². The summed E-state index contributed by atoms with van der Waals surface area (Å²) in [4.78, 5) is 11.2. The Bertz CT molecular complexity index is 2880. The number of urea groups is 1. The third-order valence-corrected chi connectivity index (χ3v) is 12.8. The first kappa shape index (κ1) is 39.7. The third kappa shape index (κ3) is 8.46. The number of aryl methyl sites for hydroxylation is 2. The average Bonchev–Trinajstić information content (AvgIpc) is 3.08. The largest absolute Gasteiger partial charge is 0.506 e. The van der Waals surface area contributed by atoms with Crippen molar-refractivity contribution in [1.82, 2.24) is 9.44 Å². The third-order valence-electron chi connectivity index (χ3n) is 8.48. The summed E-state index contributed by atoms with van der Waals surface area (Å²) in [6.07, 6.45) is 0. The highest BCUT2D eigenvalue weighted by molar-refractivity contribution is 7.91. The molecule has 2 amide bonds. The molecule has 0 fully saturated rings. The topological polar surface area (TPSA) is 283 Å². The van der Waals surface area contributed by atoms with Gasteiger partial charge in [-0.1, -0.05) is 24.3 Å². The van der Waals surface area contributed by atoms with E-state index in [0.29, 0.717) is 21.9 Å². The molecule has 6 rings (SSSR count). The Morgan fingerprint density at radius 3 is 1.16 bits per heavy atom. The Morgan fingerprint density at radius 1 is 0.446 bits per heavy atom. The Kier molecular flexibility index (Phi) is 10.1. The van der Waals surface area contributed by atoms with Crippen LogP contribution in [0.5, 0.6) is 11.5 Å². The Hall–Kier alpha value is -5.97. The van der Waals surface area contributed by atoms with Crippen molar-refractivity contribution in [3.8, 4) is 11.5 Å². The maximum absolute atomic E-state index is 13.2. The van der Waals surface area contributed by atoms with Gasteiger partial charge in [0.1, 0.15) is 11.5 Å². The van der Waals surface area contributed by atoms with Gasteiger partial charge in [0, 0.05) is 11.4 Å². The minimum atomic E-state index is -4.70. The van der Waals surface area contributed by atoms with E-state index in [4.69, 9.17) is 0 Å². The number of aromatic hydroxyl groups is 2. The Balaban J connectivity index is 1.19. The van der Waals surface area contributed by atoms with Crippen LogP contribution in [0.3, 0.4) is 0 Å². The molecule has 0 unspecified atom stereocenters. The summed E-state index contributed by atoms with van der Waals surface area (Å²) in [6.45, 7) is 3.24. The second kappa shape index (κ2) is 14.3. The zero-order chi connectivity index (χ0) is 41.0. The number of benzene rings is 6. The Labute approximate surface area is 320 Å². The van der Waals surface area contributed by atoms with E-state index in [1.807, 2.05) is 0 Å². The molecule has 0 aliphatic rings. The lowest BCUT2D eigenvalue weighted by molar-refractivity contribution is 0.250. The summed E-state index contributed by atoms with van der Waals surface area (Å²) in [6, 6.07) is 18.6. The minimum absolute atomic E-state index is 0.101. The van der Waals surface area contributed by atoms with Gasteiger partial charge in [0.05, 0.1) is 31.0 Å².